The fraction of sp³-hybridized carbons (Fsp3) is 0.167. The van der Waals surface area contributed by atoms with Gasteiger partial charge in [0.2, 0.25) is 0 Å². The molecule has 0 atom stereocenters. The molecule has 0 heterocycles. The summed E-state index contributed by atoms with van der Waals surface area (Å²) in [6.45, 7) is 2.73. The number of rotatable bonds is 7. The van der Waals surface area contributed by atoms with Gasteiger partial charge in [0.1, 0.15) is 12.4 Å². The second-order valence-electron chi connectivity index (χ2n) is 6.14. The Kier molecular flexibility index (Phi) is 7.36. The average Bonchev–Trinajstić information content (AvgIpc) is 2.72. The van der Waals surface area contributed by atoms with Crippen LogP contribution in [0, 0.1) is 3.57 Å². The van der Waals surface area contributed by atoms with E-state index in [2.05, 4.69) is 96.2 Å². The SMILES string of the molecule is CCC(=C(c1ccc(I)cc1)c1ccc(OCCCl)cc1)c1ccccc1. The summed E-state index contributed by atoms with van der Waals surface area (Å²) in [6.07, 6.45) is 0.954. The standard InChI is InChI=1S/C24H22ClIO/c1-2-23(18-6-4-3-5-7-18)24(19-8-12-21(26)13-9-19)20-10-14-22(15-11-20)27-17-16-25/h3-15H,2,16-17H2,1H3. The van der Waals surface area contributed by atoms with Gasteiger partial charge in [0, 0.05) is 3.57 Å². The molecule has 3 aromatic carbocycles. The number of allylic oxidation sites excluding steroid dienone is 1. The van der Waals surface area contributed by atoms with Crippen LogP contribution < -0.4 is 4.74 Å². The summed E-state index contributed by atoms with van der Waals surface area (Å²) in [5.74, 6) is 1.34. The lowest BCUT2D eigenvalue weighted by atomic mass is 9.88. The minimum absolute atomic E-state index is 0.490. The molecule has 3 aromatic rings. The normalized spacial score (nSPS) is 11.8. The van der Waals surface area contributed by atoms with E-state index in [-0.39, 0.29) is 0 Å². The predicted octanol–water partition coefficient (Wildman–Crippen LogP) is 7.28. The third kappa shape index (κ3) is 5.14. The Hall–Kier alpha value is -1.78. The van der Waals surface area contributed by atoms with Gasteiger partial charge in [0.15, 0.2) is 0 Å². The molecule has 0 saturated carbocycles. The van der Waals surface area contributed by atoms with Gasteiger partial charge in [-0.05, 0) is 81.1 Å². The fourth-order valence-electron chi connectivity index (χ4n) is 3.17. The van der Waals surface area contributed by atoms with Gasteiger partial charge >= 0.3 is 0 Å². The van der Waals surface area contributed by atoms with Crippen molar-refractivity contribution in [2.24, 2.45) is 0 Å². The molecule has 0 aromatic heterocycles. The van der Waals surface area contributed by atoms with Gasteiger partial charge in [0.25, 0.3) is 0 Å². The molecule has 0 spiro atoms. The van der Waals surface area contributed by atoms with Crippen LogP contribution in [-0.2, 0) is 0 Å². The highest BCUT2D eigenvalue weighted by Gasteiger charge is 2.13. The summed E-state index contributed by atoms with van der Waals surface area (Å²) in [7, 11) is 0. The van der Waals surface area contributed by atoms with Gasteiger partial charge in [-0.1, -0.05) is 61.5 Å². The van der Waals surface area contributed by atoms with Gasteiger partial charge in [-0.15, -0.1) is 11.6 Å². The Balaban J connectivity index is 2.13. The Labute approximate surface area is 180 Å². The van der Waals surface area contributed by atoms with E-state index in [9.17, 15) is 0 Å². The van der Waals surface area contributed by atoms with Crippen LogP contribution in [0.25, 0.3) is 11.1 Å². The summed E-state index contributed by atoms with van der Waals surface area (Å²) >= 11 is 8.07. The largest absolute Gasteiger partial charge is 0.492 e. The van der Waals surface area contributed by atoms with Gasteiger partial charge in [-0.2, -0.15) is 0 Å². The van der Waals surface area contributed by atoms with Crippen molar-refractivity contribution in [3.63, 3.8) is 0 Å². The molecule has 1 nitrogen and oxygen atoms in total. The summed E-state index contributed by atoms with van der Waals surface area (Å²) in [5, 5.41) is 0. The van der Waals surface area contributed by atoms with Crippen LogP contribution in [0.15, 0.2) is 78.9 Å². The number of halogens is 2. The van der Waals surface area contributed by atoms with Crippen LogP contribution in [0.5, 0.6) is 5.75 Å². The molecule has 0 aliphatic heterocycles. The molecule has 0 amide bonds. The molecule has 0 unspecified atom stereocenters. The smallest absolute Gasteiger partial charge is 0.119 e. The zero-order chi connectivity index (χ0) is 19.1. The summed E-state index contributed by atoms with van der Waals surface area (Å²) in [6, 6.07) is 27.7. The molecule has 27 heavy (non-hydrogen) atoms. The van der Waals surface area contributed by atoms with Crippen LogP contribution in [0.2, 0.25) is 0 Å². The van der Waals surface area contributed by atoms with Crippen molar-refractivity contribution in [2.75, 3.05) is 12.5 Å². The zero-order valence-electron chi connectivity index (χ0n) is 15.3. The lowest BCUT2D eigenvalue weighted by Crippen LogP contribution is -1.99. The maximum absolute atomic E-state index is 5.72. The minimum Gasteiger partial charge on any atom is -0.492 e. The summed E-state index contributed by atoms with van der Waals surface area (Å²) in [5.41, 5.74) is 6.28. The third-order valence-electron chi connectivity index (χ3n) is 4.40. The highest BCUT2D eigenvalue weighted by atomic mass is 127. The van der Waals surface area contributed by atoms with E-state index in [1.54, 1.807) is 0 Å². The quantitative estimate of drug-likeness (QED) is 0.193. The van der Waals surface area contributed by atoms with E-state index >= 15 is 0 Å². The number of alkyl halides is 1. The van der Waals surface area contributed by atoms with E-state index in [1.165, 1.54) is 31.4 Å². The maximum Gasteiger partial charge on any atom is 0.119 e. The van der Waals surface area contributed by atoms with Gasteiger partial charge in [-0.25, -0.2) is 0 Å². The average molecular weight is 489 g/mol. The van der Waals surface area contributed by atoms with Crippen LogP contribution in [0.1, 0.15) is 30.0 Å². The van der Waals surface area contributed by atoms with Crippen LogP contribution in [0.4, 0.5) is 0 Å². The first-order valence-corrected chi connectivity index (χ1v) is 10.7. The predicted molar refractivity (Wildman–Crippen MR) is 124 cm³/mol. The molecular weight excluding hydrogens is 467 g/mol. The first-order chi connectivity index (χ1) is 13.2. The number of ether oxygens (including phenoxy) is 1. The molecule has 3 heteroatoms. The van der Waals surface area contributed by atoms with Crippen molar-refractivity contribution < 1.29 is 4.74 Å². The summed E-state index contributed by atoms with van der Waals surface area (Å²) < 4.78 is 6.87. The molecule has 0 N–H and O–H groups in total. The first kappa shape index (κ1) is 20.0. The van der Waals surface area contributed by atoms with Crippen molar-refractivity contribution in [2.45, 2.75) is 13.3 Å². The van der Waals surface area contributed by atoms with Crippen molar-refractivity contribution in [1.82, 2.24) is 0 Å². The highest BCUT2D eigenvalue weighted by molar-refractivity contribution is 14.1. The van der Waals surface area contributed by atoms with Gasteiger partial charge in [-0.3, -0.25) is 0 Å². The molecule has 138 valence electrons. The van der Waals surface area contributed by atoms with Crippen molar-refractivity contribution in [3.8, 4) is 5.75 Å². The van der Waals surface area contributed by atoms with E-state index < -0.39 is 0 Å². The molecule has 0 saturated heterocycles. The van der Waals surface area contributed by atoms with E-state index in [4.69, 9.17) is 16.3 Å². The Morgan fingerprint density at radius 2 is 1.41 bits per heavy atom. The van der Waals surface area contributed by atoms with E-state index in [0.717, 1.165) is 12.2 Å². The second-order valence-corrected chi connectivity index (χ2v) is 7.77. The third-order valence-corrected chi connectivity index (χ3v) is 5.27. The minimum atomic E-state index is 0.490. The van der Waals surface area contributed by atoms with Crippen molar-refractivity contribution in [3.05, 3.63) is 99.1 Å². The van der Waals surface area contributed by atoms with E-state index in [1.807, 2.05) is 12.1 Å². The zero-order valence-corrected chi connectivity index (χ0v) is 18.2. The number of hydrogen-bond acceptors (Lipinski definition) is 1. The lowest BCUT2D eigenvalue weighted by Gasteiger charge is -2.17. The Bertz CT molecular complexity index is 884. The molecule has 3 rings (SSSR count). The maximum atomic E-state index is 5.72. The molecule has 0 radical (unpaired) electrons. The fourth-order valence-corrected chi connectivity index (χ4v) is 3.61. The van der Waals surface area contributed by atoms with Crippen LogP contribution in [-0.4, -0.2) is 12.5 Å². The monoisotopic (exact) mass is 488 g/mol. The lowest BCUT2D eigenvalue weighted by molar-refractivity contribution is 0.343. The molecule has 0 aliphatic rings. The molecule has 0 bridgehead atoms. The van der Waals surface area contributed by atoms with Gasteiger partial charge < -0.3 is 4.74 Å². The van der Waals surface area contributed by atoms with Crippen LogP contribution >= 0.6 is 34.2 Å². The first-order valence-electron chi connectivity index (χ1n) is 9.06. The molecule has 0 fully saturated rings. The summed E-state index contributed by atoms with van der Waals surface area (Å²) in [4.78, 5) is 0. The second kappa shape index (κ2) is 9.95. The number of hydrogen-bond donors (Lipinski definition) is 0. The molecular formula is C24H22ClIO. The number of benzene rings is 3. The Morgan fingerprint density at radius 1 is 0.815 bits per heavy atom. The van der Waals surface area contributed by atoms with E-state index in [0.29, 0.717) is 12.5 Å². The van der Waals surface area contributed by atoms with Gasteiger partial charge in [0.05, 0.1) is 5.88 Å². The van der Waals surface area contributed by atoms with Crippen molar-refractivity contribution in [1.29, 1.82) is 0 Å². The highest BCUT2D eigenvalue weighted by Crippen LogP contribution is 2.35. The topological polar surface area (TPSA) is 9.23 Å². The van der Waals surface area contributed by atoms with Crippen molar-refractivity contribution >= 4 is 45.3 Å². The van der Waals surface area contributed by atoms with Crippen LogP contribution in [0.3, 0.4) is 0 Å². The molecule has 0 aliphatic carbocycles. The Morgan fingerprint density at radius 3 is 1.96 bits per heavy atom.